The molecule has 1 aromatic rings. The zero-order chi connectivity index (χ0) is 12.6. The topological polar surface area (TPSA) is 100 Å². The number of hydrogen-bond acceptors (Lipinski definition) is 5. The summed E-state index contributed by atoms with van der Waals surface area (Å²) >= 11 is 0. The van der Waals surface area contributed by atoms with Crippen LogP contribution in [0.5, 0.6) is 5.75 Å². The molecule has 0 saturated carbocycles. The molecule has 0 bridgehead atoms. The number of carboxylic acids is 2. The minimum Gasteiger partial charge on any atom is -0.550 e. The van der Waals surface area contributed by atoms with Gasteiger partial charge in [-0.25, -0.2) is 0 Å². The molecule has 1 N–H and O–H groups in total. The zero-order valence-corrected chi connectivity index (χ0v) is 11.7. The van der Waals surface area contributed by atoms with E-state index in [4.69, 9.17) is 5.11 Å². The van der Waals surface area contributed by atoms with Crippen LogP contribution in [-0.2, 0) is 4.79 Å². The van der Waals surface area contributed by atoms with E-state index in [2.05, 4.69) is 0 Å². The number of aromatic hydroxyl groups is 1. The third-order valence-electron chi connectivity index (χ3n) is 1.56. The van der Waals surface area contributed by atoms with E-state index in [9.17, 15) is 19.8 Å². The van der Waals surface area contributed by atoms with E-state index in [1.165, 1.54) is 24.3 Å². The van der Waals surface area contributed by atoms with Gasteiger partial charge in [0.15, 0.2) is 0 Å². The molecule has 0 heterocycles. The minimum absolute atomic E-state index is 0. The van der Waals surface area contributed by atoms with Crippen molar-refractivity contribution in [1.82, 2.24) is 0 Å². The summed E-state index contributed by atoms with van der Waals surface area (Å²) in [4.78, 5) is 19.6. The Labute approximate surface area is 129 Å². The van der Waals surface area contributed by atoms with Crippen molar-refractivity contribution in [3.05, 3.63) is 29.8 Å². The summed E-state index contributed by atoms with van der Waals surface area (Å²) in [6, 6.07) is 5.16. The molecule has 0 unspecified atom stereocenters. The van der Waals surface area contributed by atoms with Crippen LogP contribution in [0.15, 0.2) is 24.3 Å². The average Bonchev–Trinajstić information content (AvgIpc) is 2.19. The zero-order valence-electron chi connectivity index (χ0n) is 9.51. The van der Waals surface area contributed by atoms with Gasteiger partial charge in [0.25, 0.3) is 0 Å². The molecule has 0 amide bonds. The van der Waals surface area contributed by atoms with Gasteiger partial charge in [0.1, 0.15) is 5.75 Å². The monoisotopic (exact) mass is 264 g/mol. The van der Waals surface area contributed by atoms with Crippen LogP contribution >= 0.6 is 0 Å². The second kappa shape index (κ2) is 10.4. The largest absolute Gasteiger partial charge is 2.00 e. The Morgan fingerprint density at radius 1 is 1.18 bits per heavy atom. The Morgan fingerprint density at radius 3 is 1.88 bits per heavy atom. The van der Waals surface area contributed by atoms with E-state index < -0.39 is 11.9 Å². The summed E-state index contributed by atoms with van der Waals surface area (Å²) in [6.07, 6.45) is 0.850. The Hall–Kier alpha value is -0.780. The Morgan fingerprint density at radius 2 is 1.65 bits per heavy atom. The first kappa shape index (κ1) is 18.6. The minimum atomic E-state index is -1.24. The average molecular weight is 264 g/mol. The molecule has 0 radical (unpaired) electrons. The number of phenols is 1. The molecule has 17 heavy (non-hydrogen) atoms. The first-order valence-electron chi connectivity index (χ1n) is 4.67. The molecule has 0 aliphatic heterocycles. The maximum Gasteiger partial charge on any atom is 2.00 e. The number of aliphatic carboxylic acids is 1. The van der Waals surface area contributed by atoms with Crippen LogP contribution < -0.4 is 10.2 Å². The van der Waals surface area contributed by atoms with Crippen molar-refractivity contribution < 1.29 is 24.9 Å². The molecular weight excluding hydrogens is 252 g/mol. The van der Waals surface area contributed by atoms with Crippen molar-refractivity contribution in [3.63, 3.8) is 0 Å². The van der Waals surface area contributed by atoms with E-state index in [1.807, 2.05) is 0 Å². The van der Waals surface area contributed by atoms with Crippen LogP contribution in [-0.4, -0.2) is 54.8 Å². The van der Waals surface area contributed by atoms with Crippen molar-refractivity contribution in [2.24, 2.45) is 0 Å². The fourth-order valence-corrected chi connectivity index (χ4v) is 0.802. The first-order valence-corrected chi connectivity index (χ1v) is 4.67. The van der Waals surface area contributed by atoms with Crippen molar-refractivity contribution in [2.45, 2.75) is 19.8 Å². The molecule has 0 aromatic heterocycles. The van der Waals surface area contributed by atoms with Gasteiger partial charge in [-0.1, -0.05) is 13.3 Å². The van der Waals surface area contributed by atoms with E-state index in [0.29, 0.717) is 6.42 Å². The summed E-state index contributed by atoms with van der Waals surface area (Å²) in [7, 11) is 0. The van der Waals surface area contributed by atoms with E-state index >= 15 is 0 Å². The van der Waals surface area contributed by atoms with Gasteiger partial charge in [0.05, 0.1) is 5.97 Å². The smallest absolute Gasteiger partial charge is 0.550 e. The molecule has 0 fully saturated rings. The van der Waals surface area contributed by atoms with E-state index in [-0.39, 0.29) is 55.5 Å². The Bertz CT molecular complexity index is 347. The summed E-state index contributed by atoms with van der Waals surface area (Å²) in [6.45, 7) is 1.80. The third-order valence-corrected chi connectivity index (χ3v) is 1.56. The number of benzene rings is 1. The predicted molar refractivity (Wildman–Crippen MR) is 58.1 cm³/mol. The van der Waals surface area contributed by atoms with Crippen molar-refractivity contribution >= 4 is 49.7 Å². The van der Waals surface area contributed by atoms with Crippen LogP contribution in [0.25, 0.3) is 0 Å². The summed E-state index contributed by atoms with van der Waals surface area (Å²) in [5, 5.41) is 28.3. The van der Waals surface area contributed by atoms with Gasteiger partial charge >= 0.3 is 37.7 Å². The maximum absolute atomic E-state index is 10.1. The molecule has 0 aliphatic rings. The molecule has 0 saturated heterocycles. The van der Waals surface area contributed by atoms with E-state index in [0.717, 1.165) is 0 Å². The van der Waals surface area contributed by atoms with Crippen molar-refractivity contribution in [2.75, 3.05) is 0 Å². The summed E-state index contributed by atoms with van der Waals surface area (Å²) < 4.78 is 0. The number of rotatable bonds is 3. The van der Waals surface area contributed by atoms with Gasteiger partial charge < -0.3 is 24.9 Å². The van der Waals surface area contributed by atoms with Gasteiger partial charge in [-0.3, -0.25) is 0 Å². The maximum atomic E-state index is 10.1. The summed E-state index contributed by atoms with van der Waals surface area (Å²) in [5.74, 6) is -2.15. The molecule has 1 aromatic carbocycles. The first-order chi connectivity index (χ1) is 7.47. The van der Waals surface area contributed by atoms with Crippen LogP contribution in [0.4, 0.5) is 0 Å². The van der Waals surface area contributed by atoms with Gasteiger partial charge in [-0.2, -0.15) is 0 Å². The molecule has 0 spiro atoms. The summed E-state index contributed by atoms with van der Waals surface area (Å²) in [5.41, 5.74) is 0.0674. The van der Waals surface area contributed by atoms with Crippen molar-refractivity contribution in [3.8, 4) is 5.75 Å². The van der Waals surface area contributed by atoms with Crippen LogP contribution in [0.1, 0.15) is 30.1 Å². The van der Waals surface area contributed by atoms with E-state index in [1.54, 1.807) is 6.92 Å². The third kappa shape index (κ3) is 10.1. The Kier molecular flexibility index (Phi) is 11.3. The number of phenolic OH excluding ortho intramolecular Hbond substituents is 1. The van der Waals surface area contributed by atoms with Crippen LogP contribution in [0, 0.1) is 0 Å². The van der Waals surface area contributed by atoms with Gasteiger partial charge in [0.2, 0.25) is 0 Å². The molecular formula is C11H12CaO5. The Balaban J connectivity index is 0. The number of carboxylic acid groups (broad SMARTS) is 2. The number of aromatic carboxylic acids is 1. The fraction of sp³-hybridized carbons (Fsp3) is 0.273. The molecule has 0 atom stereocenters. The quantitative estimate of drug-likeness (QED) is 0.699. The molecule has 0 aliphatic carbocycles. The molecule has 5 nitrogen and oxygen atoms in total. The number of carbonyl (C=O) groups excluding carboxylic acids is 2. The van der Waals surface area contributed by atoms with Gasteiger partial charge in [-0.15, -0.1) is 0 Å². The second-order valence-electron chi connectivity index (χ2n) is 2.96. The SMILES string of the molecule is CCCC(=O)[O-].O=C([O-])c1ccc(O)cc1.[Ca+2]. The van der Waals surface area contributed by atoms with Crippen LogP contribution in [0.2, 0.25) is 0 Å². The van der Waals surface area contributed by atoms with Crippen molar-refractivity contribution in [1.29, 1.82) is 0 Å². The second-order valence-corrected chi connectivity index (χ2v) is 2.96. The fourth-order valence-electron chi connectivity index (χ4n) is 0.802. The van der Waals surface area contributed by atoms with Gasteiger partial charge in [0, 0.05) is 5.97 Å². The molecule has 6 heteroatoms. The predicted octanol–water partition coefficient (Wildman–Crippen LogP) is -1.09. The standard InChI is InChI=1S/C7H6O3.C4H8O2.Ca/c8-6-3-1-5(2-4-6)7(9)10;1-2-3-4(5)6;/h1-4,8H,(H,9,10);2-3H2,1H3,(H,5,6);/q;;+2/p-2. The van der Waals surface area contributed by atoms with Gasteiger partial charge in [-0.05, 0) is 36.2 Å². The van der Waals surface area contributed by atoms with Crippen LogP contribution in [0.3, 0.4) is 0 Å². The molecule has 88 valence electrons. The normalized spacial score (nSPS) is 8.29. The number of carbonyl (C=O) groups is 2. The number of hydrogen-bond donors (Lipinski definition) is 1. The molecule has 1 rings (SSSR count).